The summed E-state index contributed by atoms with van der Waals surface area (Å²) in [7, 11) is 0. The summed E-state index contributed by atoms with van der Waals surface area (Å²) in [5, 5.41) is 7.46. The van der Waals surface area contributed by atoms with Crippen LogP contribution in [0.4, 0.5) is 5.69 Å². The van der Waals surface area contributed by atoms with Gasteiger partial charge in [-0.2, -0.15) is 5.10 Å². The molecule has 2 heterocycles. The molecule has 0 bridgehead atoms. The molecule has 3 rings (SSSR count). The molecule has 0 unspecified atom stereocenters. The molecule has 0 spiro atoms. The van der Waals surface area contributed by atoms with Crippen molar-refractivity contribution >= 4 is 5.69 Å². The Balaban J connectivity index is 1.84. The Morgan fingerprint density at radius 1 is 1.17 bits per heavy atom. The van der Waals surface area contributed by atoms with E-state index in [9.17, 15) is 0 Å². The van der Waals surface area contributed by atoms with Gasteiger partial charge in [0.15, 0.2) is 0 Å². The molecular weight excluding hydrogens is 228 g/mol. The van der Waals surface area contributed by atoms with Crippen LogP contribution in [0.1, 0.15) is 5.76 Å². The van der Waals surface area contributed by atoms with Crippen LogP contribution in [-0.4, -0.2) is 14.8 Å². The van der Waals surface area contributed by atoms with Gasteiger partial charge in [-0.05, 0) is 24.3 Å². The molecule has 3 aromatic rings. The summed E-state index contributed by atoms with van der Waals surface area (Å²) in [6.07, 6.45) is 4.86. The molecule has 0 amide bonds. The van der Waals surface area contributed by atoms with Gasteiger partial charge in [-0.3, -0.25) is 0 Å². The second-order valence-corrected chi connectivity index (χ2v) is 3.79. The second-order valence-electron chi connectivity index (χ2n) is 3.79. The highest BCUT2D eigenvalue weighted by Crippen LogP contribution is 2.19. The van der Waals surface area contributed by atoms with Crippen LogP contribution in [0.15, 0.2) is 59.7 Å². The predicted molar refractivity (Wildman–Crippen MR) is 67.4 cm³/mol. The van der Waals surface area contributed by atoms with Crippen LogP contribution < -0.4 is 5.32 Å². The number of aromatic nitrogens is 3. The van der Waals surface area contributed by atoms with E-state index in [1.165, 1.54) is 6.33 Å². The SMILES string of the molecule is c1coc(CNc2ccccc2-n2cncn2)c1. The van der Waals surface area contributed by atoms with Crippen LogP contribution >= 0.6 is 0 Å². The number of rotatable bonds is 4. The third kappa shape index (κ3) is 2.10. The smallest absolute Gasteiger partial charge is 0.138 e. The number of furan rings is 1. The molecule has 0 atom stereocenters. The average Bonchev–Trinajstić information content (AvgIpc) is 3.10. The maximum atomic E-state index is 5.29. The van der Waals surface area contributed by atoms with E-state index in [1.807, 2.05) is 36.4 Å². The van der Waals surface area contributed by atoms with Crippen molar-refractivity contribution < 1.29 is 4.42 Å². The molecule has 5 nitrogen and oxygen atoms in total. The molecule has 0 saturated heterocycles. The number of benzene rings is 1. The third-order valence-electron chi connectivity index (χ3n) is 2.60. The van der Waals surface area contributed by atoms with Crippen molar-refractivity contribution in [2.24, 2.45) is 0 Å². The van der Waals surface area contributed by atoms with Crippen molar-refractivity contribution in [1.29, 1.82) is 0 Å². The standard InChI is InChI=1S/C13H12N4O/c1-2-6-13(17-10-14-9-16-17)12(5-1)15-8-11-4-3-7-18-11/h1-7,9-10,15H,8H2. The molecule has 0 aliphatic rings. The van der Waals surface area contributed by atoms with Crippen LogP contribution in [0.25, 0.3) is 5.69 Å². The van der Waals surface area contributed by atoms with Gasteiger partial charge in [0.1, 0.15) is 18.4 Å². The van der Waals surface area contributed by atoms with Gasteiger partial charge >= 0.3 is 0 Å². The van der Waals surface area contributed by atoms with E-state index >= 15 is 0 Å². The van der Waals surface area contributed by atoms with Crippen LogP contribution in [0.3, 0.4) is 0 Å². The van der Waals surface area contributed by atoms with Crippen molar-refractivity contribution in [3.63, 3.8) is 0 Å². The monoisotopic (exact) mass is 240 g/mol. The maximum Gasteiger partial charge on any atom is 0.138 e. The zero-order valence-corrected chi connectivity index (χ0v) is 9.65. The molecule has 18 heavy (non-hydrogen) atoms. The quantitative estimate of drug-likeness (QED) is 0.761. The summed E-state index contributed by atoms with van der Waals surface area (Å²) in [4.78, 5) is 3.96. The minimum Gasteiger partial charge on any atom is -0.467 e. The molecule has 90 valence electrons. The predicted octanol–water partition coefficient (Wildman–Crippen LogP) is 2.47. The van der Waals surface area contributed by atoms with Gasteiger partial charge in [-0.1, -0.05) is 12.1 Å². The number of hydrogen-bond donors (Lipinski definition) is 1. The summed E-state index contributed by atoms with van der Waals surface area (Å²) in [6.45, 7) is 0.638. The Bertz CT molecular complexity index is 602. The van der Waals surface area contributed by atoms with Crippen molar-refractivity contribution in [3.8, 4) is 5.69 Å². The summed E-state index contributed by atoms with van der Waals surface area (Å²) in [5.74, 6) is 0.892. The largest absolute Gasteiger partial charge is 0.467 e. The van der Waals surface area contributed by atoms with Crippen molar-refractivity contribution in [3.05, 3.63) is 61.1 Å². The first-order valence-electron chi connectivity index (χ1n) is 5.64. The molecule has 0 aliphatic carbocycles. The number of nitrogens with one attached hydrogen (secondary N) is 1. The minimum absolute atomic E-state index is 0.638. The topological polar surface area (TPSA) is 55.9 Å². The van der Waals surface area contributed by atoms with Gasteiger partial charge in [0.2, 0.25) is 0 Å². The third-order valence-corrected chi connectivity index (χ3v) is 2.60. The maximum absolute atomic E-state index is 5.29. The van der Waals surface area contributed by atoms with Gasteiger partial charge in [0, 0.05) is 0 Å². The molecule has 1 N–H and O–H groups in total. The highest BCUT2D eigenvalue weighted by Gasteiger charge is 2.04. The molecule has 0 fully saturated rings. The Morgan fingerprint density at radius 3 is 2.89 bits per heavy atom. The molecular formula is C13H12N4O. The summed E-state index contributed by atoms with van der Waals surface area (Å²) >= 11 is 0. The fourth-order valence-electron chi connectivity index (χ4n) is 1.75. The van der Waals surface area contributed by atoms with E-state index < -0.39 is 0 Å². The Labute approximate surface area is 104 Å². The number of nitrogens with zero attached hydrogens (tertiary/aromatic N) is 3. The van der Waals surface area contributed by atoms with Crippen LogP contribution in [0.5, 0.6) is 0 Å². The van der Waals surface area contributed by atoms with E-state index in [0.29, 0.717) is 6.54 Å². The van der Waals surface area contributed by atoms with E-state index in [0.717, 1.165) is 17.1 Å². The Kier molecular flexibility index (Phi) is 2.79. The van der Waals surface area contributed by atoms with Crippen LogP contribution in [-0.2, 0) is 6.54 Å². The zero-order chi connectivity index (χ0) is 12.2. The van der Waals surface area contributed by atoms with Gasteiger partial charge < -0.3 is 9.73 Å². The van der Waals surface area contributed by atoms with E-state index in [4.69, 9.17) is 4.42 Å². The lowest BCUT2D eigenvalue weighted by atomic mass is 10.2. The first-order chi connectivity index (χ1) is 8.93. The average molecular weight is 240 g/mol. The molecule has 2 aromatic heterocycles. The lowest BCUT2D eigenvalue weighted by molar-refractivity contribution is 0.518. The van der Waals surface area contributed by atoms with E-state index in [-0.39, 0.29) is 0 Å². The number of para-hydroxylation sites is 2. The van der Waals surface area contributed by atoms with Crippen LogP contribution in [0.2, 0.25) is 0 Å². The number of hydrogen-bond acceptors (Lipinski definition) is 4. The highest BCUT2D eigenvalue weighted by molar-refractivity contribution is 5.60. The van der Waals surface area contributed by atoms with Crippen molar-refractivity contribution in [2.45, 2.75) is 6.54 Å². The summed E-state index contributed by atoms with van der Waals surface area (Å²) in [5.41, 5.74) is 1.95. The molecule has 0 saturated carbocycles. The van der Waals surface area contributed by atoms with Crippen LogP contribution in [0, 0.1) is 0 Å². The molecule has 0 aliphatic heterocycles. The van der Waals surface area contributed by atoms with Gasteiger partial charge in [-0.25, -0.2) is 9.67 Å². The van der Waals surface area contributed by atoms with Gasteiger partial charge in [-0.15, -0.1) is 0 Å². The lowest BCUT2D eigenvalue weighted by Gasteiger charge is -2.10. The Morgan fingerprint density at radius 2 is 2.11 bits per heavy atom. The zero-order valence-electron chi connectivity index (χ0n) is 9.65. The van der Waals surface area contributed by atoms with Gasteiger partial charge in [0.25, 0.3) is 0 Å². The normalized spacial score (nSPS) is 10.4. The molecule has 1 aromatic carbocycles. The summed E-state index contributed by atoms with van der Waals surface area (Å²) in [6, 6.07) is 11.7. The van der Waals surface area contributed by atoms with Crippen molar-refractivity contribution in [1.82, 2.24) is 14.8 Å². The van der Waals surface area contributed by atoms with E-state index in [1.54, 1.807) is 17.3 Å². The number of anilines is 1. The van der Waals surface area contributed by atoms with E-state index in [2.05, 4.69) is 15.4 Å². The first kappa shape index (κ1) is 10.6. The molecule has 5 heteroatoms. The molecule has 0 radical (unpaired) electrons. The second kappa shape index (κ2) is 4.75. The summed E-state index contributed by atoms with van der Waals surface area (Å²) < 4.78 is 7.02. The van der Waals surface area contributed by atoms with Crippen molar-refractivity contribution in [2.75, 3.05) is 5.32 Å². The lowest BCUT2D eigenvalue weighted by Crippen LogP contribution is -2.04. The highest BCUT2D eigenvalue weighted by atomic mass is 16.3. The fraction of sp³-hybridized carbons (Fsp3) is 0.0769. The fourth-order valence-corrected chi connectivity index (χ4v) is 1.75. The first-order valence-corrected chi connectivity index (χ1v) is 5.64. The Hall–Kier alpha value is -2.56. The van der Waals surface area contributed by atoms with Gasteiger partial charge in [0.05, 0.1) is 24.2 Å². The minimum atomic E-state index is 0.638.